The summed E-state index contributed by atoms with van der Waals surface area (Å²) < 4.78 is 27.0. The molecule has 0 saturated carbocycles. The van der Waals surface area contributed by atoms with Crippen molar-refractivity contribution < 1.29 is 8.42 Å². The number of H-pyrrole nitrogens is 1. The molecule has 0 aliphatic carbocycles. The molecule has 1 aromatic carbocycles. The van der Waals surface area contributed by atoms with Crippen LogP contribution in [0.4, 0.5) is 0 Å². The van der Waals surface area contributed by atoms with Gasteiger partial charge in [-0.15, -0.1) is 0 Å². The molecule has 1 fully saturated rings. The molecule has 3 rings (SSSR count). The monoisotopic (exact) mass is 349 g/mol. The summed E-state index contributed by atoms with van der Waals surface area (Å²) in [5.74, 6) is 0. The van der Waals surface area contributed by atoms with Crippen molar-refractivity contribution in [2.45, 2.75) is 11.4 Å². The van der Waals surface area contributed by atoms with Gasteiger partial charge in [0.1, 0.15) is 0 Å². The Morgan fingerprint density at radius 1 is 1.04 bits per heavy atom. The average Bonchev–Trinajstić information content (AvgIpc) is 3.10. The molecule has 0 atom stereocenters. The van der Waals surface area contributed by atoms with Crippen LogP contribution in [0.25, 0.3) is 0 Å². The van der Waals surface area contributed by atoms with Gasteiger partial charge in [0.2, 0.25) is 10.0 Å². The Morgan fingerprint density at radius 3 is 2.42 bits per heavy atom. The van der Waals surface area contributed by atoms with Crippen LogP contribution in [0, 0.1) is 0 Å². The van der Waals surface area contributed by atoms with E-state index in [2.05, 4.69) is 24.7 Å². The molecular weight excluding hydrogens is 326 g/mol. The first-order chi connectivity index (χ1) is 11.6. The third-order valence-corrected chi connectivity index (χ3v) is 5.67. The molecule has 2 aromatic rings. The number of rotatable bonds is 7. The predicted octanol–water partition coefficient (Wildman–Crippen LogP) is 0.506. The zero-order valence-electron chi connectivity index (χ0n) is 13.6. The van der Waals surface area contributed by atoms with Crippen LogP contribution >= 0.6 is 0 Å². The normalized spacial score (nSPS) is 17.2. The zero-order chi connectivity index (χ0) is 16.8. The molecule has 0 bridgehead atoms. The number of aromatic nitrogens is 2. The van der Waals surface area contributed by atoms with Crippen molar-refractivity contribution >= 4 is 10.0 Å². The molecule has 1 aliphatic rings. The number of nitrogens with one attached hydrogen (secondary N) is 2. The maximum atomic E-state index is 12.2. The van der Waals surface area contributed by atoms with Gasteiger partial charge < -0.3 is 0 Å². The predicted molar refractivity (Wildman–Crippen MR) is 91.9 cm³/mol. The SMILES string of the molecule is O=S(=O)(NCCN1CCN(Cc2ccn[nH]2)CC1)c1ccccc1. The molecule has 0 amide bonds. The second-order valence-corrected chi connectivity index (χ2v) is 7.68. The number of sulfonamides is 1. The van der Waals surface area contributed by atoms with E-state index < -0.39 is 10.0 Å². The Kier molecular flexibility index (Phi) is 5.62. The highest BCUT2D eigenvalue weighted by molar-refractivity contribution is 7.89. The lowest BCUT2D eigenvalue weighted by molar-refractivity contribution is 0.128. The van der Waals surface area contributed by atoms with Crippen LogP contribution < -0.4 is 4.72 Å². The number of aromatic amines is 1. The Hall–Kier alpha value is -1.74. The van der Waals surface area contributed by atoms with Gasteiger partial charge in [-0.2, -0.15) is 5.10 Å². The number of hydrogen-bond acceptors (Lipinski definition) is 5. The van der Waals surface area contributed by atoms with Crippen molar-refractivity contribution in [3.63, 3.8) is 0 Å². The first-order valence-electron chi connectivity index (χ1n) is 8.11. The van der Waals surface area contributed by atoms with E-state index in [4.69, 9.17) is 0 Å². The van der Waals surface area contributed by atoms with Crippen LogP contribution in [0.2, 0.25) is 0 Å². The van der Waals surface area contributed by atoms with Crippen LogP contribution in [-0.2, 0) is 16.6 Å². The molecule has 8 heteroatoms. The second kappa shape index (κ2) is 7.89. The Labute approximate surface area is 142 Å². The third-order valence-electron chi connectivity index (χ3n) is 4.19. The van der Waals surface area contributed by atoms with Crippen molar-refractivity contribution in [2.75, 3.05) is 39.3 Å². The summed E-state index contributed by atoms with van der Waals surface area (Å²) in [5.41, 5.74) is 1.12. The number of benzene rings is 1. The Bertz CT molecular complexity index is 710. The molecule has 130 valence electrons. The first-order valence-corrected chi connectivity index (χ1v) is 9.59. The maximum Gasteiger partial charge on any atom is 0.240 e. The average molecular weight is 349 g/mol. The first kappa shape index (κ1) is 17.1. The van der Waals surface area contributed by atoms with E-state index in [-0.39, 0.29) is 0 Å². The number of piperazine rings is 1. The van der Waals surface area contributed by atoms with Crippen LogP contribution in [0.1, 0.15) is 5.69 Å². The molecule has 2 N–H and O–H groups in total. The summed E-state index contributed by atoms with van der Waals surface area (Å²) >= 11 is 0. The van der Waals surface area contributed by atoms with E-state index in [0.29, 0.717) is 11.4 Å². The van der Waals surface area contributed by atoms with Crippen LogP contribution in [-0.4, -0.2) is 67.7 Å². The van der Waals surface area contributed by atoms with Gasteiger partial charge in [0.25, 0.3) is 0 Å². The highest BCUT2D eigenvalue weighted by Crippen LogP contribution is 2.08. The largest absolute Gasteiger partial charge is 0.299 e. The van der Waals surface area contributed by atoms with E-state index in [1.54, 1.807) is 30.5 Å². The van der Waals surface area contributed by atoms with Crippen molar-refractivity contribution in [1.82, 2.24) is 24.7 Å². The summed E-state index contributed by atoms with van der Waals surface area (Å²) in [5, 5.41) is 6.94. The van der Waals surface area contributed by atoms with Gasteiger partial charge in [-0.05, 0) is 18.2 Å². The van der Waals surface area contributed by atoms with E-state index in [1.165, 1.54) is 0 Å². The van der Waals surface area contributed by atoms with Crippen LogP contribution in [0.3, 0.4) is 0 Å². The minimum Gasteiger partial charge on any atom is -0.299 e. The molecular formula is C16H23N5O2S. The van der Waals surface area contributed by atoms with Gasteiger partial charge in [0, 0.05) is 57.7 Å². The van der Waals surface area contributed by atoms with Gasteiger partial charge in [-0.3, -0.25) is 14.9 Å². The zero-order valence-corrected chi connectivity index (χ0v) is 14.4. The molecule has 0 unspecified atom stereocenters. The lowest BCUT2D eigenvalue weighted by Gasteiger charge is -2.34. The molecule has 1 aliphatic heterocycles. The van der Waals surface area contributed by atoms with Crippen molar-refractivity contribution in [3.8, 4) is 0 Å². The molecule has 2 heterocycles. The fourth-order valence-electron chi connectivity index (χ4n) is 2.81. The number of hydrogen-bond donors (Lipinski definition) is 2. The maximum absolute atomic E-state index is 12.2. The van der Waals surface area contributed by atoms with Gasteiger partial charge in [0.15, 0.2) is 0 Å². The highest BCUT2D eigenvalue weighted by atomic mass is 32.2. The van der Waals surface area contributed by atoms with Gasteiger partial charge in [-0.1, -0.05) is 18.2 Å². The summed E-state index contributed by atoms with van der Waals surface area (Å²) in [6, 6.07) is 10.5. The summed E-state index contributed by atoms with van der Waals surface area (Å²) in [4.78, 5) is 4.98. The number of nitrogens with zero attached hydrogens (tertiary/aromatic N) is 3. The lowest BCUT2D eigenvalue weighted by atomic mass is 10.3. The molecule has 7 nitrogen and oxygen atoms in total. The van der Waals surface area contributed by atoms with Crippen LogP contribution in [0.15, 0.2) is 47.5 Å². The standard InChI is InChI=1S/C16H23N5O2S/c22-24(23,16-4-2-1-3-5-16)18-8-9-20-10-12-21(13-11-20)14-15-6-7-17-19-15/h1-7,18H,8-14H2,(H,17,19). The third kappa shape index (κ3) is 4.64. The molecule has 1 aromatic heterocycles. The van der Waals surface area contributed by atoms with E-state index in [0.717, 1.165) is 45.0 Å². The van der Waals surface area contributed by atoms with Gasteiger partial charge >= 0.3 is 0 Å². The lowest BCUT2D eigenvalue weighted by Crippen LogP contribution is -2.48. The molecule has 1 saturated heterocycles. The second-order valence-electron chi connectivity index (χ2n) is 5.91. The fourth-order valence-corrected chi connectivity index (χ4v) is 3.85. The molecule has 0 radical (unpaired) electrons. The van der Waals surface area contributed by atoms with Crippen molar-refractivity contribution in [2.24, 2.45) is 0 Å². The Balaban J connectivity index is 1.39. The van der Waals surface area contributed by atoms with Crippen molar-refractivity contribution in [3.05, 3.63) is 48.3 Å². The summed E-state index contributed by atoms with van der Waals surface area (Å²) in [6.45, 7) is 5.88. The summed E-state index contributed by atoms with van der Waals surface area (Å²) in [6.07, 6.45) is 1.77. The van der Waals surface area contributed by atoms with E-state index in [9.17, 15) is 8.42 Å². The van der Waals surface area contributed by atoms with Gasteiger partial charge in [0.05, 0.1) is 4.90 Å². The minimum absolute atomic E-state index is 0.314. The smallest absolute Gasteiger partial charge is 0.240 e. The van der Waals surface area contributed by atoms with E-state index >= 15 is 0 Å². The highest BCUT2D eigenvalue weighted by Gasteiger charge is 2.18. The topological polar surface area (TPSA) is 81.3 Å². The molecule has 24 heavy (non-hydrogen) atoms. The quantitative estimate of drug-likeness (QED) is 0.761. The molecule has 0 spiro atoms. The van der Waals surface area contributed by atoms with E-state index in [1.807, 2.05) is 12.1 Å². The summed E-state index contributed by atoms with van der Waals surface area (Å²) in [7, 11) is -3.40. The van der Waals surface area contributed by atoms with Crippen molar-refractivity contribution in [1.29, 1.82) is 0 Å². The van der Waals surface area contributed by atoms with Gasteiger partial charge in [-0.25, -0.2) is 13.1 Å². The fraction of sp³-hybridized carbons (Fsp3) is 0.438. The van der Waals surface area contributed by atoms with Crippen LogP contribution in [0.5, 0.6) is 0 Å². The minimum atomic E-state index is -3.40. The Morgan fingerprint density at radius 2 is 1.75 bits per heavy atom.